The normalized spacial score (nSPS) is 18.8. The smallest absolute Gasteiger partial charge is 0.310 e. The molecule has 1 aliphatic heterocycles. The molecule has 0 saturated carbocycles. The molecule has 20 heavy (non-hydrogen) atoms. The number of carbonyl (C=O) groups excluding carboxylic acids is 2. The van der Waals surface area contributed by atoms with Gasteiger partial charge in [0.15, 0.2) is 0 Å². The Morgan fingerprint density at radius 1 is 1.25 bits per heavy atom. The number of ether oxygens (including phenoxy) is 1. The van der Waals surface area contributed by atoms with Crippen molar-refractivity contribution in [2.75, 3.05) is 20.2 Å². The molecule has 0 aromatic heterocycles. The number of esters is 1. The monoisotopic (exact) mass is 275 g/mol. The molecule has 1 saturated heterocycles. The van der Waals surface area contributed by atoms with Crippen molar-refractivity contribution in [1.82, 2.24) is 4.90 Å². The molecule has 2 rings (SSSR count). The van der Waals surface area contributed by atoms with E-state index in [1.807, 2.05) is 32.0 Å². The predicted molar refractivity (Wildman–Crippen MR) is 76.6 cm³/mol. The molecule has 0 spiro atoms. The topological polar surface area (TPSA) is 46.6 Å². The lowest BCUT2D eigenvalue weighted by molar-refractivity contribution is -0.146. The lowest BCUT2D eigenvalue weighted by Crippen LogP contribution is -2.42. The molecule has 1 unspecified atom stereocenters. The van der Waals surface area contributed by atoms with Crippen molar-refractivity contribution in [1.29, 1.82) is 0 Å². The Kier molecular flexibility index (Phi) is 4.42. The minimum atomic E-state index is -0.220. The number of hydrogen-bond acceptors (Lipinski definition) is 3. The minimum Gasteiger partial charge on any atom is -0.469 e. The molecular formula is C16H21NO3. The van der Waals surface area contributed by atoms with E-state index in [1.165, 1.54) is 12.7 Å². The second-order valence-corrected chi connectivity index (χ2v) is 5.41. The van der Waals surface area contributed by atoms with E-state index in [2.05, 4.69) is 0 Å². The highest BCUT2D eigenvalue weighted by atomic mass is 16.5. The lowest BCUT2D eigenvalue weighted by atomic mass is 9.97. The average molecular weight is 275 g/mol. The maximum atomic E-state index is 12.5. The van der Waals surface area contributed by atoms with Gasteiger partial charge in [-0.05, 0) is 49.9 Å². The second-order valence-electron chi connectivity index (χ2n) is 5.41. The van der Waals surface area contributed by atoms with Crippen molar-refractivity contribution in [2.45, 2.75) is 26.7 Å². The first-order valence-corrected chi connectivity index (χ1v) is 6.97. The van der Waals surface area contributed by atoms with Gasteiger partial charge in [0.05, 0.1) is 13.0 Å². The number of carbonyl (C=O) groups is 2. The van der Waals surface area contributed by atoms with Crippen molar-refractivity contribution in [2.24, 2.45) is 5.92 Å². The fourth-order valence-electron chi connectivity index (χ4n) is 2.58. The molecule has 0 radical (unpaired) electrons. The van der Waals surface area contributed by atoms with Crippen LogP contribution in [0.1, 0.15) is 34.3 Å². The first-order chi connectivity index (χ1) is 9.52. The largest absolute Gasteiger partial charge is 0.469 e. The van der Waals surface area contributed by atoms with E-state index < -0.39 is 0 Å². The van der Waals surface area contributed by atoms with Crippen LogP contribution >= 0.6 is 0 Å². The predicted octanol–water partition coefficient (Wildman–Crippen LogP) is 2.33. The maximum Gasteiger partial charge on any atom is 0.310 e. The second kappa shape index (κ2) is 6.07. The molecule has 1 aromatic carbocycles. The summed E-state index contributed by atoms with van der Waals surface area (Å²) in [4.78, 5) is 25.9. The zero-order chi connectivity index (χ0) is 14.7. The van der Waals surface area contributed by atoms with E-state index in [9.17, 15) is 9.59 Å². The van der Waals surface area contributed by atoms with Crippen LogP contribution in [0.3, 0.4) is 0 Å². The number of rotatable bonds is 2. The SMILES string of the molecule is COC(=O)C1CCCN(C(=O)c2ccc(C)c(C)c2)C1. The van der Waals surface area contributed by atoms with Crippen LogP contribution in [0.5, 0.6) is 0 Å². The van der Waals surface area contributed by atoms with Gasteiger partial charge in [0.2, 0.25) is 0 Å². The summed E-state index contributed by atoms with van der Waals surface area (Å²) < 4.78 is 4.78. The number of benzene rings is 1. The molecular weight excluding hydrogens is 254 g/mol. The van der Waals surface area contributed by atoms with E-state index >= 15 is 0 Å². The summed E-state index contributed by atoms with van der Waals surface area (Å²) in [6, 6.07) is 5.73. The molecule has 1 amide bonds. The third kappa shape index (κ3) is 3.00. The van der Waals surface area contributed by atoms with Gasteiger partial charge in [-0.15, -0.1) is 0 Å². The summed E-state index contributed by atoms with van der Waals surface area (Å²) in [6.07, 6.45) is 1.64. The van der Waals surface area contributed by atoms with Crippen LogP contribution in [0.2, 0.25) is 0 Å². The number of methoxy groups -OCH3 is 1. The Balaban J connectivity index is 2.12. The van der Waals surface area contributed by atoms with Crippen LogP contribution in [0.15, 0.2) is 18.2 Å². The molecule has 1 atom stereocenters. The Labute approximate surface area is 119 Å². The van der Waals surface area contributed by atoms with Crippen LogP contribution in [0, 0.1) is 19.8 Å². The van der Waals surface area contributed by atoms with Gasteiger partial charge >= 0.3 is 5.97 Å². The molecule has 1 heterocycles. The lowest BCUT2D eigenvalue weighted by Gasteiger charge is -2.31. The summed E-state index contributed by atoms with van der Waals surface area (Å²) in [5, 5.41) is 0. The summed E-state index contributed by atoms with van der Waals surface area (Å²) in [5.74, 6) is -0.409. The fraction of sp³-hybridized carbons (Fsp3) is 0.500. The van der Waals surface area contributed by atoms with Crippen molar-refractivity contribution in [3.8, 4) is 0 Å². The highest BCUT2D eigenvalue weighted by molar-refractivity contribution is 5.94. The maximum absolute atomic E-state index is 12.5. The highest BCUT2D eigenvalue weighted by Gasteiger charge is 2.29. The number of amides is 1. The Morgan fingerprint density at radius 3 is 2.65 bits per heavy atom. The van der Waals surface area contributed by atoms with Crippen molar-refractivity contribution >= 4 is 11.9 Å². The Morgan fingerprint density at radius 2 is 2.00 bits per heavy atom. The van der Waals surface area contributed by atoms with Crippen LogP contribution in [0.4, 0.5) is 0 Å². The molecule has 1 aliphatic rings. The van der Waals surface area contributed by atoms with Gasteiger partial charge in [0, 0.05) is 18.7 Å². The summed E-state index contributed by atoms with van der Waals surface area (Å²) >= 11 is 0. The van der Waals surface area contributed by atoms with Crippen LogP contribution in [0.25, 0.3) is 0 Å². The summed E-state index contributed by atoms with van der Waals surface area (Å²) in [7, 11) is 1.40. The quantitative estimate of drug-likeness (QED) is 0.778. The van der Waals surface area contributed by atoms with Gasteiger partial charge in [-0.25, -0.2) is 0 Å². The van der Waals surface area contributed by atoms with Crippen LogP contribution < -0.4 is 0 Å². The number of piperidine rings is 1. The van der Waals surface area contributed by atoms with Crippen molar-refractivity contribution < 1.29 is 14.3 Å². The number of nitrogens with zero attached hydrogens (tertiary/aromatic N) is 1. The third-order valence-corrected chi connectivity index (χ3v) is 4.00. The standard InChI is InChI=1S/C16H21NO3/c1-11-6-7-13(9-12(11)2)15(18)17-8-4-5-14(10-17)16(19)20-3/h6-7,9,14H,4-5,8,10H2,1-3H3. The Hall–Kier alpha value is -1.84. The molecule has 0 aliphatic carbocycles. The molecule has 1 aromatic rings. The minimum absolute atomic E-state index is 0.00158. The van der Waals surface area contributed by atoms with Gasteiger partial charge in [-0.1, -0.05) is 6.07 Å². The van der Waals surface area contributed by atoms with E-state index in [-0.39, 0.29) is 17.8 Å². The molecule has 1 fully saturated rings. The summed E-state index contributed by atoms with van der Waals surface area (Å²) in [6.45, 7) is 5.19. The number of aryl methyl sites for hydroxylation is 2. The van der Waals surface area contributed by atoms with E-state index in [4.69, 9.17) is 4.74 Å². The molecule has 0 bridgehead atoms. The molecule has 4 nitrogen and oxygen atoms in total. The van der Waals surface area contributed by atoms with Gasteiger partial charge in [-0.3, -0.25) is 9.59 Å². The first kappa shape index (κ1) is 14.6. The first-order valence-electron chi connectivity index (χ1n) is 6.97. The third-order valence-electron chi connectivity index (χ3n) is 4.00. The van der Waals surface area contributed by atoms with Crippen molar-refractivity contribution in [3.05, 3.63) is 34.9 Å². The number of hydrogen-bond donors (Lipinski definition) is 0. The summed E-state index contributed by atoms with van der Waals surface area (Å²) in [5.41, 5.74) is 2.98. The molecule has 108 valence electrons. The van der Waals surface area contributed by atoms with E-state index in [0.717, 1.165) is 18.4 Å². The van der Waals surface area contributed by atoms with Crippen LogP contribution in [-0.4, -0.2) is 37.0 Å². The molecule has 0 N–H and O–H groups in total. The van der Waals surface area contributed by atoms with Gasteiger partial charge < -0.3 is 9.64 Å². The van der Waals surface area contributed by atoms with Gasteiger partial charge in [0.1, 0.15) is 0 Å². The van der Waals surface area contributed by atoms with Gasteiger partial charge in [0.25, 0.3) is 5.91 Å². The highest BCUT2D eigenvalue weighted by Crippen LogP contribution is 2.20. The average Bonchev–Trinajstić information content (AvgIpc) is 2.48. The zero-order valence-electron chi connectivity index (χ0n) is 12.3. The molecule has 4 heteroatoms. The van der Waals surface area contributed by atoms with Crippen molar-refractivity contribution in [3.63, 3.8) is 0 Å². The van der Waals surface area contributed by atoms with E-state index in [0.29, 0.717) is 18.7 Å². The Bertz CT molecular complexity index is 524. The van der Waals surface area contributed by atoms with Gasteiger partial charge in [-0.2, -0.15) is 0 Å². The van der Waals surface area contributed by atoms with Crippen LogP contribution in [-0.2, 0) is 9.53 Å². The fourth-order valence-corrected chi connectivity index (χ4v) is 2.58. The zero-order valence-corrected chi connectivity index (χ0v) is 12.3. The van der Waals surface area contributed by atoms with E-state index in [1.54, 1.807) is 4.90 Å². The number of likely N-dealkylation sites (tertiary alicyclic amines) is 1.